The van der Waals surface area contributed by atoms with E-state index in [1.54, 1.807) is 0 Å². The summed E-state index contributed by atoms with van der Waals surface area (Å²) in [4.78, 5) is 10.4. The van der Waals surface area contributed by atoms with Gasteiger partial charge in [0.2, 0.25) is 0 Å². The fraction of sp³-hybridized carbons (Fsp3) is 0.417. The molecule has 0 aromatic heterocycles. The van der Waals surface area contributed by atoms with Crippen LogP contribution < -0.4 is 5.73 Å². The van der Waals surface area contributed by atoms with Gasteiger partial charge in [0.15, 0.2) is 0 Å². The van der Waals surface area contributed by atoms with E-state index in [0.717, 1.165) is 5.56 Å². The standard InChI is InChI=1S/C12H17NO3/c13-11(12(14)15)7-4-8-16-9-10-5-2-1-3-6-10/h1-3,5-6,11H,4,7-9,13H2,(H,14,15). The van der Waals surface area contributed by atoms with Gasteiger partial charge in [-0.3, -0.25) is 4.79 Å². The predicted octanol–water partition coefficient (Wildman–Crippen LogP) is 1.40. The van der Waals surface area contributed by atoms with Crippen molar-refractivity contribution < 1.29 is 14.6 Å². The first-order valence-corrected chi connectivity index (χ1v) is 5.30. The van der Waals surface area contributed by atoms with Gasteiger partial charge in [-0.05, 0) is 18.4 Å². The van der Waals surface area contributed by atoms with Gasteiger partial charge in [0.25, 0.3) is 0 Å². The lowest BCUT2D eigenvalue weighted by Gasteiger charge is -2.06. The zero-order valence-electron chi connectivity index (χ0n) is 9.13. The van der Waals surface area contributed by atoms with Crippen LogP contribution in [0.3, 0.4) is 0 Å². The smallest absolute Gasteiger partial charge is 0.320 e. The summed E-state index contributed by atoms with van der Waals surface area (Å²) in [7, 11) is 0. The van der Waals surface area contributed by atoms with E-state index in [4.69, 9.17) is 15.6 Å². The first-order valence-electron chi connectivity index (χ1n) is 5.30. The Kier molecular flexibility index (Phi) is 5.53. The molecule has 1 rings (SSSR count). The lowest BCUT2D eigenvalue weighted by molar-refractivity contribution is -0.138. The van der Waals surface area contributed by atoms with Crippen LogP contribution >= 0.6 is 0 Å². The summed E-state index contributed by atoms with van der Waals surface area (Å²) >= 11 is 0. The molecule has 0 saturated heterocycles. The monoisotopic (exact) mass is 223 g/mol. The summed E-state index contributed by atoms with van der Waals surface area (Å²) in [6.45, 7) is 1.10. The van der Waals surface area contributed by atoms with Crippen LogP contribution in [0.5, 0.6) is 0 Å². The SMILES string of the molecule is NC(CCCOCc1ccccc1)C(=O)O. The Balaban J connectivity index is 2.07. The number of ether oxygens (including phenoxy) is 1. The molecule has 4 heteroatoms. The van der Waals surface area contributed by atoms with Crippen LogP contribution in [-0.2, 0) is 16.1 Å². The van der Waals surface area contributed by atoms with E-state index < -0.39 is 12.0 Å². The van der Waals surface area contributed by atoms with Gasteiger partial charge in [-0.25, -0.2) is 0 Å². The third kappa shape index (κ3) is 4.91. The van der Waals surface area contributed by atoms with Gasteiger partial charge < -0.3 is 15.6 Å². The fourth-order valence-electron chi connectivity index (χ4n) is 1.29. The second-order valence-electron chi connectivity index (χ2n) is 3.63. The van der Waals surface area contributed by atoms with Gasteiger partial charge >= 0.3 is 5.97 Å². The van der Waals surface area contributed by atoms with E-state index in [2.05, 4.69) is 0 Å². The van der Waals surface area contributed by atoms with Crippen LogP contribution in [0.25, 0.3) is 0 Å². The lowest BCUT2D eigenvalue weighted by atomic mass is 10.2. The zero-order chi connectivity index (χ0) is 11.8. The van der Waals surface area contributed by atoms with Crippen molar-refractivity contribution in [2.45, 2.75) is 25.5 Å². The van der Waals surface area contributed by atoms with Crippen molar-refractivity contribution >= 4 is 5.97 Å². The summed E-state index contributed by atoms with van der Waals surface area (Å²) in [5, 5.41) is 8.55. The van der Waals surface area contributed by atoms with Crippen molar-refractivity contribution in [1.29, 1.82) is 0 Å². The van der Waals surface area contributed by atoms with Crippen LogP contribution in [0.2, 0.25) is 0 Å². The Bertz CT molecular complexity index is 313. The topological polar surface area (TPSA) is 72.5 Å². The molecule has 88 valence electrons. The maximum atomic E-state index is 10.4. The number of carboxylic acid groups (broad SMARTS) is 1. The molecule has 1 unspecified atom stereocenters. The molecule has 1 aromatic rings. The molecule has 1 aromatic carbocycles. The van der Waals surface area contributed by atoms with Gasteiger partial charge in [-0.1, -0.05) is 30.3 Å². The van der Waals surface area contributed by atoms with E-state index in [1.807, 2.05) is 30.3 Å². The van der Waals surface area contributed by atoms with Crippen LogP contribution in [-0.4, -0.2) is 23.7 Å². The number of hydrogen-bond acceptors (Lipinski definition) is 3. The molecule has 3 N–H and O–H groups in total. The molecule has 0 saturated carbocycles. The maximum Gasteiger partial charge on any atom is 0.320 e. The molecule has 0 aliphatic carbocycles. The molecule has 0 aliphatic heterocycles. The highest BCUT2D eigenvalue weighted by molar-refractivity contribution is 5.72. The number of nitrogens with two attached hydrogens (primary N) is 1. The molecule has 1 atom stereocenters. The summed E-state index contributed by atoms with van der Waals surface area (Å²) in [5.41, 5.74) is 6.47. The van der Waals surface area contributed by atoms with Crippen molar-refractivity contribution in [1.82, 2.24) is 0 Å². The largest absolute Gasteiger partial charge is 0.480 e. The summed E-state index contributed by atoms with van der Waals surface area (Å²) in [5.74, 6) is -0.956. The summed E-state index contributed by atoms with van der Waals surface area (Å²) < 4.78 is 5.40. The second-order valence-corrected chi connectivity index (χ2v) is 3.63. The molecule has 0 heterocycles. The minimum Gasteiger partial charge on any atom is -0.480 e. The summed E-state index contributed by atoms with van der Waals surface area (Å²) in [6.07, 6.45) is 1.12. The molecule has 0 amide bonds. The highest BCUT2D eigenvalue weighted by atomic mass is 16.5. The third-order valence-electron chi connectivity index (χ3n) is 2.23. The molecule has 0 bridgehead atoms. The van der Waals surface area contributed by atoms with Gasteiger partial charge in [0.1, 0.15) is 6.04 Å². The Morgan fingerprint density at radius 2 is 2.06 bits per heavy atom. The Morgan fingerprint density at radius 1 is 1.38 bits per heavy atom. The van der Waals surface area contributed by atoms with E-state index in [-0.39, 0.29) is 0 Å². The zero-order valence-corrected chi connectivity index (χ0v) is 9.13. The first kappa shape index (κ1) is 12.7. The Morgan fingerprint density at radius 3 is 2.69 bits per heavy atom. The van der Waals surface area contributed by atoms with Gasteiger partial charge in [0, 0.05) is 6.61 Å². The van der Waals surface area contributed by atoms with Gasteiger partial charge in [-0.2, -0.15) is 0 Å². The first-order chi connectivity index (χ1) is 7.70. The lowest BCUT2D eigenvalue weighted by Crippen LogP contribution is -2.30. The third-order valence-corrected chi connectivity index (χ3v) is 2.23. The average molecular weight is 223 g/mol. The van der Waals surface area contributed by atoms with Gasteiger partial charge in [-0.15, -0.1) is 0 Å². The van der Waals surface area contributed by atoms with Crippen molar-refractivity contribution in [3.05, 3.63) is 35.9 Å². The average Bonchev–Trinajstić information content (AvgIpc) is 2.29. The van der Waals surface area contributed by atoms with E-state index in [0.29, 0.717) is 26.1 Å². The van der Waals surface area contributed by atoms with Crippen molar-refractivity contribution in [2.75, 3.05) is 6.61 Å². The van der Waals surface area contributed by atoms with E-state index in [9.17, 15) is 4.79 Å². The molecular formula is C12H17NO3. The molecule has 4 nitrogen and oxygen atoms in total. The molecule has 0 aliphatic rings. The summed E-state index contributed by atoms with van der Waals surface area (Å²) in [6, 6.07) is 9.07. The van der Waals surface area contributed by atoms with E-state index >= 15 is 0 Å². The number of rotatable bonds is 7. The molecule has 16 heavy (non-hydrogen) atoms. The fourth-order valence-corrected chi connectivity index (χ4v) is 1.29. The molecule has 0 radical (unpaired) electrons. The quantitative estimate of drug-likeness (QED) is 0.685. The molecule has 0 fully saturated rings. The molecular weight excluding hydrogens is 206 g/mol. The number of aliphatic carboxylic acids is 1. The highest BCUT2D eigenvalue weighted by Crippen LogP contribution is 2.02. The van der Waals surface area contributed by atoms with Crippen molar-refractivity contribution in [3.63, 3.8) is 0 Å². The minimum atomic E-state index is -0.956. The van der Waals surface area contributed by atoms with Crippen molar-refractivity contribution in [2.24, 2.45) is 5.73 Å². The van der Waals surface area contributed by atoms with Crippen LogP contribution in [0, 0.1) is 0 Å². The number of hydrogen-bond donors (Lipinski definition) is 2. The van der Waals surface area contributed by atoms with Crippen molar-refractivity contribution in [3.8, 4) is 0 Å². The predicted molar refractivity (Wildman–Crippen MR) is 60.9 cm³/mol. The van der Waals surface area contributed by atoms with E-state index in [1.165, 1.54) is 0 Å². The maximum absolute atomic E-state index is 10.4. The molecule has 0 spiro atoms. The van der Waals surface area contributed by atoms with Crippen LogP contribution in [0.1, 0.15) is 18.4 Å². The van der Waals surface area contributed by atoms with Gasteiger partial charge in [0.05, 0.1) is 6.61 Å². The van der Waals surface area contributed by atoms with Crippen LogP contribution in [0.15, 0.2) is 30.3 Å². The Hall–Kier alpha value is -1.39. The highest BCUT2D eigenvalue weighted by Gasteiger charge is 2.09. The minimum absolute atomic E-state index is 0.449. The second kappa shape index (κ2) is 6.98. The number of carboxylic acids is 1. The number of carbonyl (C=O) groups is 1. The number of benzene rings is 1. The normalized spacial score (nSPS) is 12.3. The Labute approximate surface area is 95.0 Å². The van der Waals surface area contributed by atoms with Crippen LogP contribution in [0.4, 0.5) is 0 Å².